The molecule has 2 aromatic carbocycles. The predicted octanol–water partition coefficient (Wildman–Crippen LogP) is 4.14. The first-order valence-electron chi connectivity index (χ1n) is 14.2. The number of likely N-dealkylation sites (tertiary alicyclic amines) is 1. The predicted molar refractivity (Wildman–Crippen MR) is 163 cm³/mol. The lowest BCUT2D eigenvalue weighted by atomic mass is 9.84. The average Bonchev–Trinajstić information content (AvgIpc) is 3.47. The Morgan fingerprint density at radius 1 is 1.00 bits per heavy atom. The van der Waals surface area contributed by atoms with Crippen LogP contribution in [0.25, 0.3) is 0 Å². The molecule has 244 valence electrons. The largest absolute Gasteiger partial charge is 0.508 e. The molecule has 2 amide bonds. The molecule has 16 nitrogen and oxygen atoms in total. The van der Waals surface area contributed by atoms with Crippen molar-refractivity contribution < 1.29 is 43.2 Å². The van der Waals surface area contributed by atoms with Gasteiger partial charge in [0.05, 0.1) is 21.8 Å². The molecular formula is C29H31N5O11S. The number of hydrogen-bond acceptors (Lipinski definition) is 12. The number of β-lactam (4-membered cyclic amide) rings is 1. The van der Waals surface area contributed by atoms with Crippen LogP contribution in [0.2, 0.25) is 0 Å². The van der Waals surface area contributed by atoms with Crippen molar-refractivity contribution in [3.8, 4) is 0 Å². The number of carbonyl (C=O) groups excluding carboxylic acids is 4. The van der Waals surface area contributed by atoms with Gasteiger partial charge in [0.25, 0.3) is 11.4 Å². The van der Waals surface area contributed by atoms with Gasteiger partial charge in [0.2, 0.25) is 5.91 Å². The summed E-state index contributed by atoms with van der Waals surface area (Å²) in [5.41, 5.74) is 0.930. The summed E-state index contributed by atoms with van der Waals surface area (Å²) < 4.78 is 15.5. The highest BCUT2D eigenvalue weighted by molar-refractivity contribution is 8.14. The molecule has 0 aliphatic carbocycles. The fourth-order valence-corrected chi connectivity index (χ4v) is 6.04. The number of carbonyl (C=O) groups is 4. The van der Waals surface area contributed by atoms with Gasteiger partial charge in [0.1, 0.15) is 25.2 Å². The summed E-state index contributed by atoms with van der Waals surface area (Å²) in [6.07, 6.45) is -1.97. The standard InChI is InChI=1S/C29H31N5O11S/c1-17(45-29(38)44-16-20-5-9-22(10-6-20)34(41)42)26-24(31-27(26)36)13-25(35)46-23-11-12-32(14-23)18(2)30-28(37)43-15-19-3-7-21(8-4-19)33(39)40/h3-10,17,23-24,26H,11-16H2,1-2H3,(H,31,36)/b30-18+/t17-,23+,24-,26-/m1/s1. The van der Waals surface area contributed by atoms with Crippen molar-refractivity contribution in [1.29, 1.82) is 0 Å². The van der Waals surface area contributed by atoms with Crippen LogP contribution >= 0.6 is 11.8 Å². The fraction of sp³-hybridized carbons (Fsp3) is 0.414. The van der Waals surface area contributed by atoms with Gasteiger partial charge in [0.15, 0.2) is 5.12 Å². The molecule has 0 saturated carbocycles. The van der Waals surface area contributed by atoms with E-state index in [2.05, 4.69) is 10.3 Å². The molecule has 0 spiro atoms. The molecule has 2 heterocycles. The normalized spacial score (nSPS) is 19.8. The molecule has 46 heavy (non-hydrogen) atoms. The van der Waals surface area contributed by atoms with Crippen molar-refractivity contribution in [3.63, 3.8) is 0 Å². The van der Waals surface area contributed by atoms with Gasteiger partial charge < -0.3 is 24.4 Å². The number of rotatable bonds is 11. The van der Waals surface area contributed by atoms with E-state index in [1.54, 1.807) is 6.92 Å². The van der Waals surface area contributed by atoms with E-state index < -0.39 is 40.2 Å². The Labute approximate surface area is 266 Å². The highest BCUT2D eigenvalue weighted by Gasteiger charge is 2.46. The van der Waals surface area contributed by atoms with Crippen molar-refractivity contribution in [3.05, 3.63) is 79.9 Å². The third-order valence-electron chi connectivity index (χ3n) is 7.41. The molecule has 0 aromatic heterocycles. The summed E-state index contributed by atoms with van der Waals surface area (Å²) >= 11 is 1.15. The van der Waals surface area contributed by atoms with Gasteiger partial charge >= 0.3 is 12.2 Å². The zero-order valence-corrected chi connectivity index (χ0v) is 25.7. The van der Waals surface area contributed by atoms with Crippen LogP contribution in [0.5, 0.6) is 0 Å². The van der Waals surface area contributed by atoms with E-state index in [1.165, 1.54) is 55.5 Å². The lowest BCUT2D eigenvalue weighted by Gasteiger charge is -2.39. The second-order valence-electron chi connectivity index (χ2n) is 10.6. The van der Waals surface area contributed by atoms with Crippen molar-refractivity contribution in [2.45, 2.75) is 57.3 Å². The topological polar surface area (TPSA) is 210 Å². The number of amidine groups is 1. The van der Waals surface area contributed by atoms with Crippen molar-refractivity contribution in [2.24, 2.45) is 10.9 Å². The van der Waals surface area contributed by atoms with E-state index in [0.29, 0.717) is 36.5 Å². The minimum Gasteiger partial charge on any atom is -0.443 e. The first-order chi connectivity index (χ1) is 21.9. The van der Waals surface area contributed by atoms with Gasteiger partial charge in [-0.3, -0.25) is 29.8 Å². The third kappa shape index (κ3) is 9.23. The molecule has 2 saturated heterocycles. The summed E-state index contributed by atoms with van der Waals surface area (Å²) in [6.45, 7) is 3.98. The van der Waals surface area contributed by atoms with Gasteiger partial charge in [-0.15, -0.1) is 0 Å². The average molecular weight is 658 g/mol. The minimum atomic E-state index is -1.01. The number of hydrogen-bond donors (Lipinski definition) is 1. The third-order valence-corrected chi connectivity index (χ3v) is 8.55. The first-order valence-corrected chi connectivity index (χ1v) is 15.0. The Morgan fingerprint density at radius 2 is 1.57 bits per heavy atom. The maximum atomic E-state index is 12.8. The molecule has 2 aromatic rings. The molecule has 2 aliphatic rings. The van der Waals surface area contributed by atoms with E-state index >= 15 is 0 Å². The maximum Gasteiger partial charge on any atom is 0.508 e. The van der Waals surface area contributed by atoms with E-state index in [0.717, 1.165) is 11.8 Å². The number of non-ortho nitro benzene ring substituents is 2. The summed E-state index contributed by atoms with van der Waals surface area (Å²) in [4.78, 5) is 75.7. The molecule has 4 atom stereocenters. The van der Waals surface area contributed by atoms with Crippen molar-refractivity contribution in [2.75, 3.05) is 13.1 Å². The highest BCUT2D eigenvalue weighted by atomic mass is 32.2. The first kappa shape index (κ1) is 33.8. The maximum absolute atomic E-state index is 12.8. The van der Waals surface area contributed by atoms with Crippen LogP contribution in [0.3, 0.4) is 0 Å². The van der Waals surface area contributed by atoms with Crippen LogP contribution in [0.1, 0.15) is 37.8 Å². The van der Waals surface area contributed by atoms with Crippen molar-refractivity contribution in [1.82, 2.24) is 10.2 Å². The van der Waals surface area contributed by atoms with Crippen LogP contribution in [0.15, 0.2) is 53.5 Å². The molecule has 0 unspecified atom stereocenters. The molecule has 1 N–H and O–H groups in total. The molecule has 2 aliphatic heterocycles. The molecule has 17 heteroatoms. The molecule has 4 rings (SSSR count). The monoisotopic (exact) mass is 657 g/mol. The summed E-state index contributed by atoms with van der Waals surface area (Å²) in [5.74, 6) is -0.650. The molecule has 2 fully saturated rings. The van der Waals surface area contributed by atoms with Crippen LogP contribution in [0.4, 0.5) is 21.0 Å². The van der Waals surface area contributed by atoms with Crippen LogP contribution in [0, 0.1) is 26.1 Å². The molecular weight excluding hydrogens is 626 g/mol. The quantitative estimate of drug-likeness (QED) is 0.0900. The number of thioether (sulfide) groups is 1. The van der Waals surface area contributed by atoms with Gasteiger partial charge in [0, 0.05) is 49.0 Å². The minimum absolute atomic E-state index is 0.0329. The zero-order chi connectivity index (χ0) is 33.4. The number of amides is 2. The van der Waals surface area contributed by atoms with Gasteiger partial charge in [-0.25, -0.2) is 9.59 Å². The van der Waals surface area contributed by atoms with E-state index in [4.69, 9.17) is 14.2 Å². The van der Waals surface area contributed by atoms with E-state index in [1.807, 2.05) is 4.90 Å². The number of nitrogens with one attached hydrogen (secondary N) is 1. The number of nitro groups is 2. The highest BCUT2D eigenvalue weighted by Crippen LogP contribution is 2.30. The second kappa shape index (κ2) is 15.3. The second-order valence-corrected chi connectivity index (χ2v) is 12.0. The van der Waals surface area contributed by atoms with E-state index in [9.17, 15) is 39.4 Å². The summed E-state index contributed by atoms with van der Waals surface area (Å²) in [6, 6.07) is 10.6. The van der Waals surface area contributed by atoms with Crippen LogP contribution in [-0.2, 0) is 37.0 Å². The lowest BCUT2D eigenvalue weighted by molar-refractivity contribution is -0.385. The van der Waals surface area contributed by atoms with Gasteiger partial charge in [-0.05, 0) is 55.7 Å². The van der Waals surface area contributed by atoms with Gasteiger partial charge in [-0.1, -0.05) is 11.8 Å². The summed E-state index contributed by atoms with van der Waals surface area (Å²) in [7, 11) is 0. The Kier molecular flexibility index (Phi) is 11.2. The Hall–Kier alpha value is -5.06. The fourth-order valence-electron chi connectivity index (χ4n) is 4.91. The SMILES string of the molecule is C/C(=N\C(=O)OCc1ccc([N+](=O)[O-])cc1)N1CC[C@H](SC(=O)C[C@H]2NC(=O)[C@@H]2[C@@H](C)OC(=O)OCc2ccc([N+](=O)[O-])cc2)C1. The Balaban J connectivity index is 1.17. The van der Waals surface area contributed by atoms with E-state index in [-0.39, 0.29) is 47.3 Å². The van der Waals surface area contributed by atoms with Crippen molar-refractivity contribution >= 4 is 52.2 Å². The van der Waals surface area contributed by atoms with Crippen LogP contribution < -0.4 is 5.32 Å². The number of ether oxygens (including phenoxy) is 3. The Bertz CT molecular complexity index is 1520. The number of nitro benzene ring substituents is 2. The zero-order valence-electron chi connectivity index (χ0n) is 24.9. The molecule has 0 bridgehead atoms. The number of aliphatic imine (C=N–C) groups is 1. The molecule has 0 radical (unpaired) electrons. The summed E-state index contributed by atoms with van der Waals surface area (Å²) in [5, 5.41) is 24.0. The van der Waals surface area contributed by atoms with Crippen LogP contribution in [-0.4, -0.2) is 74.3 Å². The van der Waals surface area contributed by atoms with Gasteiger partial charge in [-0.2, -0.15) is 4.99 Å². The Morgan fingerprint density at radius 3 is 2.11 bits per heavy atom. The lowest BCUT2D eigenvalue weighted by Crippen LogP contribution is -2.62. The number of nitrogens with zero attached hydrogens (tertiary/aromatic N) is 4. The smallest absolute Gasteiger partial charge is 0.443 e. The number of benzene rings is 2.